The molecule has 0 unspecified atom stereocenters. The van der Waals surface area contributed by atoms with Crippen LogP contribution in [0.5, 0.6) is 0 Å². The molecule has 0 saturated heterocycles. The number of nitrogens with zero attached hydrogens (tertiary/aromatic N) is 1. The first kappa shape index (κ1) is 15.4. The van der Waals surface area contributed by atoms with E-state index in [1.807, 2.05) is 0 Å². The maximum Gasteiger partial charge on any atom is 0.304 e. The lowest BCUT2D eigenvalue weighted by Gasteiger charge is -2.43. The van der Waals surface area contributed by atoms with Crippen LogP contribution in [0.4, 0.5) is 0 Å². The Morgan fingerprint density at radius 3 is 2.22 bits per heavy atom. The van der Waals surface area contributed by atoms with Crippen molar-refractivity contribution in [3.8, 4) is 0 Å². The first-order chi connectivity index (χ1) is 8.23. The lowest BCUT2D eigenvalue weighted by atomic mass is 9.83. The van der Waals surface area contributed by atoms with E-state index in [4.69, 9.17) is 5.11 Å². The lowest BCUT2D eigenvalue weighted by Crippen LogP contribution is -2.52. The van der Waals surface area contributed by atoms with Gasteiger partial charge in [0.2, 0.25) is 0 Å². The summed E-state index contributed by atoms with van der Waals surface area (Å²) in [5.41, 5.74) is -0.730. The van der Waals surface area contributed by atoms with E-state index in [1.165, 1.54) is 6.42 Å². The van der Waals surface area contributed by atoms with Crippen molar-refractivity contribution >= 4 is 5.97 Å². The summed E-state index contributed by atoms with van der Waals surface area (Å²) < 4.78 is 0. The molecule has 0 aliphatic heterocycles. The normalized spacial score (nSPS) is 20.1. The maximum absolute atomic E-state index is 10.7. The van der Waals surface area contributed by atoms with Gasteiger partial charge >= 0.3 is 5.97 Å². The summed E-state index contributed by atoms with van der Waals surface area (Å²) >= 11 is 0. The Balaban J connectivity index is 2.62. The fourth-order valence-electron chi connectivity index (χ4n) is 2.61. The zero-order chi connectivity index (χ0) is 13.8. The molecule has 0 atom stereocenters. The first-order valence-corrected chi connectivity index (χ1v) is 6.92. The largest absolute Gasteiger partial charge is 0.481 e. The van der Waals surface area contributed by atoms with Crippen molar-refractivity contribution in [3.05, 3.63) is 0 Å². The second kappa shape index (κ2) is 6.02. The van der Waals surface area contributed by atoms with Gasteiger partial charge in [-0.2, -0.15) is 0 Å². The van der Waals surface area contributed by atoms with Gasteiger partial charge in [0.1, 0.15) is 0 Å². The number of hydrogen-bond acceptors (Lipinski definition) is 3. The van der Waals surface area contributed by atoms with Gasteiger partial charge in [0, 0.05) is 18.6 Å². The zero-order valence-electron chi connectivity index (χ0n) is 11.9. The van der Waals surface area contributed by atoms with Crippen LogP contribution in [0.15, 0.2) is 0 Å². The molecular formula is C14H27NO3. The SMILES string of the molecule is CC(C)(C)N(CCC(=O)O)CC1(O)CCCCC1. The van der Waals surface area contributed by atoms with E-state index >= 15 is 0 Å². The number of carbonyl (C=O) groups is 1. The van der Waals surface area contributed by atoms with Crippen LogP contribution in [0.3, 0.4) is 0 Å². The average Bonchev–Trinajstić information content (AvgIpc) is 2.23. The highest BCUT2D eigenvalue weighted by Gasteiger charge is 2.34. The molecule has 1 aliphatic rings. The Kier molecular flexibility index (Phi) is 5.17. The molecular weight excluding hydrogens is 230 g/mol. The first-order valence-electron chi connectivity index (χ1n) is 6.92. The number of carboxylic acids is 1. The number of aliphatic hydroxyl groups is 1. The Hall–Kier alpha value is -0.610. The quantitative estimate of drug-likeness (QED) is 0.793. The number of rotatable bonds is 5. The smallest absolute Gasteiger partial charge is 0.304 e. The predicted octanol–water partition coefficient (Wildman–Crippen LogP) is 2.26. The van der Waals surface area contributed by atoms with Gasteiger partial charge in [-0.25, -0.2) is 0 Å². The zero-order valence-corrected chi connectivity index (χ0v) is 11.9. The van der Waals surface area contributed by atoms with E-state index in [1.54, 1.807) is 0 Å². The molecule has 0 aromatic heterocycles. The van der Waals surface area contributed by atoms with Crippen molar-refractivity contribution in [1.82, 2.24) is 4.90 Å². The highest BCUT2D eigenvalue weighted by Crippen LogP contribution is 2.30. The Morgan fingerprint density at radius 1 is 1.22 bits per heavy atom. The van der Waals surface area contributed by atoms with Crippen LogP contribution in [0.25, 0.3) is 0 Å². The molecule has 1 saturated carbocycles. The minimum absolute atomic E-state index is 0.109. The van der Waals surface area contributed by atoms with Crippen molar-refractivity contribution < 1.29 is 15.0 Å². The third kappa shape index (κ3) is 4.94. The molecule has 0 spiro atoms. The highest BCUT2D eigenvalue weighted by atomic mass is 16.4. The minimum atomic E-state index is -0.778. The molecule has 1 fully saturated rings. The van der Waals surface area contributed by atoms with Gasteiger partial charge < -0.3 is 10.2 Å². The second-order valence-electron chi connectivity index (χ2n) is 6.52. The van der Waals surface area contributed by atoms with Crippen LogP contribution in [0, 0.1) is 0 Å². The molecule has 0 bridgehead atoms. The molecule has 106 valence electrons. The van der Waals surface area contributed by atoms with Gasteiger partial charge in [0.05, 0.1) is 12.0 Å². The summed E-state index contributed by atoms with van der Waals surface area (Å²) in [5.74, 6) is -0.778. The number of hydrogen-bond donors (Lipinski definition) is 2. The van der Waals surface area contributed by atoms with Crippen molar-refractivity contribution in [2.24, 2.45) is 0 Å². The van der Waals surface area contributed by atoms with E-state index in [0.29, 0.717) is 13.1 Å². The van der Waals surface area contributed by atoms with E-state index in [0.717, 1.165) is 25.7 Å². The third-order valence-electron chi connectivity index (χ3n) is 3.81. The molecule has 4 nitrogen and oxygen atoms in total. The third-order valence-corrected chi connectivity index (χ3v) is 3.81. The molecule has 1 aliphatic carbocycles. The molecule has 0 radical (unpaired) electrons. The van der Waals surface area contributed by atoms with Crippen LogP contribution in [-0.4, -0.2) is 45.3 Å². The molecule has 0 aromatic carbocycles. The second-order valence-corrected chi connectivity index (χ2v) is 6.52. The van der Waals surface area contributed by atoms with Crippen LogP contribution >= 0.6 is 0 Å². The van der Waals surface area contributed by atoms with E-state index in [2.05, 4.69) is 25.7 Å². The van der Waals surface area contributed by atoms with E-state index in [9.17, 15) is 9.90 Å². The predicted molar refractivity (Wildman–Crippen MR) is 71.6 cm³/mol. The summed E-state index contributed by atoms with van der Waals surface area (Å²) in [5, 5.41) is 19.4. The monoisotopic (exact) mass is 257 g/mol. The molecule has 18 heavy (non-hydrogen) atoms. The molecule has 0 aromatic rings. The fourth-order valence-corrected chi connectivity index (χ4v) is 2.61. The number of carboxylic acid groups (broad SMARTS) is 1. The summed E-state index contributed by atoms with van der Waals surface area (Å²) in [6, 6.07) is 0. The maximum atomic E-state index is 10.7. The van der Waals surface area contributed by atoms with Crippen LogP contribution < -0.4 is 0 Å². The molecule has 0 amide bonds. The van der Waals surface area contributed by atoms with Crippen molar-refractivity contribution in [2.45, 2.75) is 70.4 Å². The number of β-amino-alcohol motifs (C(OH)–C–C–N with tert-alkyl or cyclic N) is 1. The van der Waals surface area contributed by atoms with Gasteiger partial charge in [0.25, 0.3) is 0 Å². The van der Waals surface area contributed by atoms with Crippen molar-refractivity contribution in [2.75, 3.05) is 13.1 Å². The standard InChI is InChI=1S/C14H27NO3/c1-13(2,3)15(10-7-12(16)17)11-14(18)8-5-4-6-9-14/h18H,4-11H2,1-3H3,(H,16,17). The van der Waals surface area contributed by atoms with Crippen LogP contribution in [0.2, 0.25) is 0 Å². The number of aliphatic carboxylic acids is 1. The summed E-state index contributed by atoms with van der Waals surface area (Å²) in [6.07, 6.45) is 5.17. The molecule has 1 rings (SSSR count). The Bertz CT molecular complexity index is 277. The van der Waals surface area contributed by atoms with Gasteiger partial charge in [-0.05, 0) is 33.6 Å². The van der Waals surface area contributed by atoms with Crippen LogP contribution in [0.1, 0.15) is 59.3 Å². The summed E-state index contributed by atoms with van der Waals surface area (Å²) in [4.78, 5) is 12.8. The molecule has 0 heterocycles. The van der Waals surface area contributed by atoms with E-state index in [-0.39, 0.29) is 12.0 Å². The fraction of sp³-hybridized carbons (Fsp3) is 0.929. The summed E-state index contributed by atoms with van der Waals surface area (Å²) in [7, 11) is 0. The van der Waals surface area contributed by atoms with Gasteiger partial charge in [-0.1, -0.05) is 19.3 Å². The Morgan fingerprint density at radius 2 is 1.78 bits per heavy atom. The van der Waals surface area contributed by atoms with Gasteiger partial charge in [-0.3, -0.25) is 9.69 Å². The highest BCUT2D eigenvalue weighted by molar-refractivity contribution is 5.66. The minimum Gasteiger partial charge on any atom is -0.481 e. The lowest BCUT2D eigenvalue weighted by molar-refractivity contribution is -0.138. The van der Waals surface area contributed by atoms with E-state index < -0.39 is 11.6 Å². The summed E-state index contributed by atoms with van der Waals surface area (Å²) in [6.45, 7) is 7.30. The molecule has 2 N–H and O–H groups in total. The average molecular weight is 257 g/mol. The molecule has 4 heteroatoms. The van der Waals surface area contributed by atoms with Crippen molar-refractivity contribution in [1.29, 1.82) is 0 Å². The Labute approximate surface area is 110 Å². The van der Waals surface area contributed by atoms with Gasteiger partial charge in [0.15, 0.2) is 0 Å². The van der Waals surface area contributed by atoms with Crippen molar-refractivity contribution in [3.63, 3.8) is 0 Å². The topological polar surface area (TPSA) is 60.8 Å². The van der Waals surface area contributed by atoms with Crippen LogP contribution in [-0.2, 0) is 4.79 Å². The van der Waals surface area contributed by atoms with Gasteiger partial charge in [-0.15, -0.1) is 0 Å².